The van der Waals surface area contributed by atoms with Crippen molar-refractivity contribution in [2.45, 2.75) is 72.1 Å². The first-order valence-corrected chi connectivity index (χ1v) is 10.1. The van der Waals surface area contributed by atoms with Gasteiger partial charge in [0.2, 0.25) is 0 Å². The Hall–Kier alpha value is -2.83. The molecule has 1 aliphatic heterocycles. The minimum atomic E-state index is -0.377. The van der Waals surface area contributed by atoms with Gasteiger partial charge in [0, 0.05) is 12.1 Å². The molecule has 0 unspecified atom stereocenters. The molecule has 1 aliphatic rings. The molecule has 2 aromatic rings. The number of carbonyl (C=O) groups is 2. The lowest BCUT2D eigenvalue weighted by Gasteiger charge is -2.21. The van der Waals surface area contributed by atoms with Crippen molar-refractivity contribution < 1.29 is 14.3 Å². The number of fused-ring (bicyclic) bond motifs is 1. The van der Waals surface area contributed by atoms with Crippen molar-refractivity contribution in [1.29, 1.82) is 0 Å². The zero-order chi connectivity index (χ0) is 21.2. The van der Waals surface area contributed by atoms with E-state index in [2.05, 4.69) is 15.6 Å². The molecule has 29 heavy (non-hydrogen) atoms. The zero-order valence-electron chi connectivity index (χ0n) is 17.8. The Balaban J connectivity index is 1.91. The first-order chi connectivity index (χ1) is 13.7. The smallest absolute Gasteiger partial charge is 0.291 e. The van der Waals surface area contributed by atoms with Crippen molar-refractivity contribution in [2.24, 2.45) is 0 Å². The number of carbonyl (C=O) groups excluding carboxylic acids is 2. The lowest BCUT2D eigenvalue weighted by molar-refractivity contribution is 0.0913. The van der Waals surface area contributed by atoms with Crippen molar-refractivity contribution in [2.75, 3.05) is 5.32 Å². The Morgan fingerprint density at radius 2 is 1.86 bits per heavy atom. The van der Waals surface area contributed by atoms with Crippen LogP contribution in [0.3, 0.4) is 0 Å². The van der Waals surface area contributed by atoms with Gasteiger partial charge in [0.25, 0.3) is 11.8 Å². The van der Waals surface area contributed by atoms with Crippen molar-refractivity contribution in [3.63, 3.8) is 0 Å². The van der Waals surface area contributed by atoms with Gasteiger partial charge in [-0.15, -0.1) is 0 Å². The molecule has 1 aromatic heterocycles. The first-order valence-electron chi connectivity index (χ1n) is 10.1. The van der Waals surface area contributed by atoms with Gasteiger partial charge in [-0.25, -0.2) is 4.98 Å². The summed E-state index contributed by atoms with van der Waals surface area (Å²) in [5.74, 6) is 0.276. The van der Waals surface area contributed by atoms with Crippen LogP contribution >= 0.6 is 0 Å². The van der Waals surface area contributed by atoms with E-state index in [1.165, 1.54) is 0 Å². The van der Waals surface area contributed by atoms with Crippen LogP contribution in [-0.4, -0.2) is 33.0 Å². The van der Waals surface area contributed by atoms with Crippen molar-refractivity contribution >= 4 is 17.5 Å². The number of aromatic nitrogens is 2. The normalized spacial score (nSPS) is 13.7. The lowest BCUT2D eigenvalue weighted by atomic mass is 10.1. The minimum Gasteiger partial charge on any atom is -0.489 e. The van der Waals surface area contributed by atoms with Crippen molar-refractivity contribution in [3.8, 4) is 5.75 Å². The molecule has 7 nitrogen and oxygen atoms in total. The quantitative estimate of drug-likeness (QED) is 0.802. The van der Waals surface area contributed by atoms with Gasteiger partial charge in [-0.3, -0.25) is 9.59 Å². The van der Waals surface area contributed by atoms with Gasteiger partial charge in [-0.05, 0) is 66.0 Å². The predicted octanol–water partition coefficient (Wildman–Crippen LogP) is 3.79. The van der Waals surface area contributed by atoms with Gasteiger partial charge in [0.15, 0.2) is 5.82 Å². The second kappa shape index (κ2) is 8.27. The van der Waals surface area contributed by atoms with E-state index >= 15 is 0 Å². The fourth-order valence-corrected chi connectivity index (χ4v) is 3.40. The lowest BCUT2D eigenvalue weighted by Crippen LogP contribution is -2.41. The number of imidazole rings is 1. The maximum atomic E-state index is 13.1. The van der Waals surface area contributed by atoms with Gasteiger partial charge >= 0.3 is 0 Å². The van der Waals surface area contributed by atoms with Crippen LogP contribution in [0.2, 0.25) is 0 Å². The van der Waals surface area contributed by atoms with E-state index in [1.807, 2.05) is 57.4 Å². The van der Waals surface area contributed by atoms with Crippen LogP contribution < -0.4 is 15.4 Å². The molecular formula is C22H30N4O3. The minimum absolute atomic E-state index is 0.0140. The fourth-order valence-electron chi connectivity index (χ4n) is 3.40. The highest BCUT2D eigenvalue weighted by atomic mass is 16.5. The van der Waals surface area contributed by atoms with Gasteiger partial charge in [-0.2, -0.15) is 0 Å². The molecule has 2 heterocycles. The molecule has 3 rings (SSSR count). The highest BCUT2D eigenvalue weighted by Gasteiger charge is 2.29. The Kier molecular flexibility index (Phi) is 5.96. The summed E-state index contributed by atoms with van der Waals surface area (Å²) in [6.07, 6.45) is 2.66. The van der Waals surface area contributed by atoms with E-state index in [9.17, 15) is 9.59 Å². The fraction of sp³-hybridized carbons (Fsp3) is 0.500. The van der Waals surface area contributed by atoms with Crippen LogP contribution in [-0.2, 0) is 13.0 Å². The highest BCUT2D eigenvalue weighted by molar-refractivity contribution is 6.04. The van der Waals surface area contributed by atoms with Crippen LogP contribution in [0.4, 0.5) is 5.69 Å². The number of benzene rings is 1. The van der Waals surface area contributed by atoms with Gasteiger partial charge in [0.1, 0.15) is 11.4 Å². The number of para-hydroxylation sites is 2. The molecule has 2 N–H and O–H groups in total. The SMILES string of the molecule is CC(C)Oc1ccccc1NC(=O)c1nc(C(=O)NC(C)(C)C)c2n1CCCC2. The number of nitrogens with zero attached hydrogens (tertiary/aromatic N) is 2. The van der Waals surface area contributed by atoms with E-state index in [4.69, 9.17) is 4.74 Å². The van der Waals surface area contributed by atoms with E-state index in [0.29, 0.717) is 23.7 Å². The third-order valence-corrected chi connectivity index (χ3v) is 4.52. The number of hydrogen-bond acceptors (Lipinski definition) is 4. The molecule has 7 heteroatoms. The number of nitrogens with one attached hydrogen (secondary N) is 2. The second-order valence-electron chi connectivity index (χ2n) is 8.66. The molecule has 0 spiro atoms. The summed E-state index contributed by atoms with van der Waals surface area (Å²) < 4.78 is 7.66. The van der Waals surface area contributed by atoms with E-state index in [-0.39, 0.29) is 29.3 Å². The summed E-state index contributed by atoms with van der Waals surface area (Å²) in [5.41, 5.74) is 1.38. The Morgan fingerprint density at radius 1 is 1.14 bits per heavy atom. The highest BCUT2D eigenvalue weighted by Crippen LogP contribution is 2.27. The average molecular weight is 399 g/mol. The first kappa shape index (κ1) is 20.9. The standard InChI is InChI=1S/C22H30N4O3/c1-14(2)29-17-12-7-6-10-15(17)23-21(28)19-24-18(20(27)25-22(3,4)5)16-11-8-9-13-26(16)19/h6-7,10,12,14H,8-9,11,13H2,1-5H3,(H,23,28)(H,25,27). The molecule has 0 radical (unpaired) electrons. The molecule has 0 aliphatic carbocycles. The maximum Gasteiger partial charge on any atom is 0.291 e. The Bertz CT molecular complexity index is 909. The number of anilines is 1. The molecule has 0 fully saturated rings. The van der Waals surface area contributed by atoms with Gasteiger partial charge < -0.3 is 19.9 Å². The maximum absolute atomic E-state index is 13.1. The van der Waals surface area contributed by atoms with Gasteiger partial charge in [0.05, 0.1) is 17.5 Å². The second-order valence-corrected chi connectivity index (χ2v) is 8.66. The number of hydrogen-bond donors (Lipinski definition) is 2. The van der Waals surface area contributed by atoms with Crippen molar-refractivity contribution in [3.05, 3.63) is 41.5 Å². The predicted molar refractivity (Wildman–Crippen MR) is 113 cm³/mol. The third kappa shape index (κ3) is 4.96. The molecule has 1 aromatic carbocycles. The molecule has 0 atom stereocenters. The summed E-state index contributed by atoms with van der Waals surface area (Å²) in [7, 11) is 0. The summed E-state index contributed by atoms with van der Waals surface area (Å²) in [6, 6.07) is 7.31. The Labute approximate surface area is 171 Å². The molecule has 0 bridgehead atoms. The van der Waals surface area contributed by atoms with E-state index in [0.717, 1.165) is 25.0 Å². The summed E-state index contributed by atoms with van der Waals surface area (Å²) in [5, 5.41) is 5.86. The van der Waals surface area contributed by atoms with Gasteiger partial charge in [-0.1, -0.05) is 12.1 Å². The van der Waals surface area contributed by atoms with E-state index in [1.54, 1.807) is 6.07 Å². The topological polar surface area (TPSA) is 85.2 Å². The number of rotatable bonds is 5. The monoisotopic (exact) mass is 398 g/mol. The molecule has 0 saturated heterocycles. The third-order valence-electron chi connectivity index (χ3n) is 4.52. The summed E-state index contributed by atoms with van der Waals surface area (Å²) in [4.78, 5) is 30.3. The van der Waals surface area contributed by atoms with Crippen LogP contribution in [0, 0.1) is 0 Å². The van der Waals surface area contributed by atoms with Crippen molar-refractivity contribution in [1.82, 2.24) is 14.9 Å². The Morgan fingerprint density at radius 3 is 2.55 bits per heavy atom. The number of ether oxygens (including phenoxy) is 1. The molecule has 156 valence electrons. The van der Waals surface area contributed by atoms with Crippen LogP contribution in [0.1, 0.15) is 74.3 Å². The molecule has 2 amide bonds. The van der Waals surface area contributed by atoms with E-state index < -0.39 is 0 Å². The largest absolute Gasteiger partial charge is 0.489 e. The number of amides is 2. The summed E-state index contributed by atoms with van der Waals surface area (Å²) >= 11 is 0. The van der Waals surface area contributed by atoms with Crippen LogP contribution in [0.15, 0.2) is 24.3 Å². The zero-order valence-corrected chi connectivity index (χ0v) is 17.8. The average Bonchev–Trinajstić information content (AvgIpc) is 3.01. The summed E-state index contributed by atoms with van der Waals surface area (Å²) in [6.45, 7) is 10.3. The molecule has 0 saturated carbocycles. The van der Waals surface area contributed by atoms with Crippen LogP contribution in [0.25, 0.3) is 0 Å². The molecular weight excluding hydrogens is 368 g/mol. The van der Waals surface area contributed by atoms with Crippen LogP contribution in [0.5, 0.6) is 5.75 Å².